The Morgan fingerprint density at radius 1 is 0.370 bits per heavy atom. The molecule has 0 saturated carbocycles. The lowest BCUT2D eigenvalue weighted by molar-refractivity contribution is -0.407. The van der Waals surface area contributed by atoms with Crippen LogP contribution >= 0.6 is 0 Å². The number of carboxylic acid groups (broad SMARTS) is 1. The van der Waals surface area contributed by atoms with E-state index in [9.17, 15) is 126 Å². The summed E-state index contributed by atoms with van der Waals surface area (Å²) in [7, 11) is 0. The van der Waals surface area contributed by atoms with Gasteiger partial charge in [-0.05, 0) is 0 Å². The van der Waals surface area contributed by atoms with Crippen molar-refractivity contribution in [1.82, 2.24) is 16.0 Å². The summed E-state index contributed by atoms with van der Waals surface area (Å²) in [5.41, 5.74) is 5.48. The number of carbonyl (C=O) groups excluding carboxylic acids is 3. The predicted molar refractivity (Wildman–Crippen MR) is 281 cm³/mol. The fourth-order valence-electron chi connectivity index (χ4n) is 11.3. The standard InChI is InChI=1S/C50H84N4O38/c1-11(61)52-22-29(69)38(18(8-59)81-43(22)54-21(63)3-13(51)44(78)79)88-45-23(53-12(2)62)30(70)39(19(9-60)86-45)89-48-37(77)40(28(68)20(87-48)10-80-46-35(75)31(71)24(64)14(4-55)82-46)90-49-42(34(74)27(67)16(6-57)84-49)92-50-41(33(73)26(66)17(7-58)85-50)91-47-36(76)32(72)25(65)15(5-56)83-47/h13-20,22-43,45-50,55-60,64-77H,3-10,51H2,1-2H3,(H,52,61)(H,53,62)(H,54,63)(H,78,79)/t13-,14+,15+,16+,17+,18+,19+,20+,22+,23+,24+,25+,26+,27+,28+,29+,30+,31-,32-,33-,34-,35-,36-,37-,38+,39+,40-,41-,42-,43+,45-,46-,47+,48-,49+,50+/m0/s1. The number of aliphatic hydroxyl groups is 20. The van der Waals surface area contributed by atoms with Gasteiger partial charge in [-0.2, -0.15) is 0 Å². The van der Waals surface area contributed by atoms with Crippen LogP contribution in [0, 0.1) is 0 Å². The van der Waals surface area contributed by atoms with Crippen LogP contribution in [0.15, 0.2) is 0 Å². The van der Waals surface area contributed by atoms with Crippen molar-refractivity contribution >= 4 is 23.7 Å². The summed E-state index contributed by atoms with van der Waals surface area (Å²) in [5, 5.41) is 235. The minimum absolute atomic E-state index is 0.820. The number of carbonyl (C=O) groups is 4. The molecule has 0 spiro atoms. The van der Waals surface area contributed by atoms with Crippen LogP contribution in [0.5, 0.6) is 0 Å². The van der Waals surface area contributed by atoms with Gasteiger partial charge in [0.2, 0.25) is 17.7 Å². The van der Waals surface area contributed by atoms with Gasteiger partial charge in [0.25, 0.3) is 0 Å². The highest BCUT2D eigenvalue weighted by Gasteiger charge is 2.59. The normalized spacial score (nSPS) is 47.2. The molecule has 7 rings (SSSR count). The van der Waals surface area contributed by atoms with E-state index in [0.717, 1.165) is 13.8 Å². The molecular weight excluding hydrogens is 1260 g/mol. The van der Waals surface area contributed by atoms with Crippen LogP contribution in [0.1, 0.15) is 20.3 Å². The molecule has 42 nitrogen and oxygen atoms in total. The van der Waals surface area contributed by atoms with E-state index in [2.05, 4.69) is 16.0 Å². The lowest BCUT2D eigenvalue weighted by Crippen LogP contribution is -2.71. The molecule has 7 aliphatic rings. The van der Waals surface area contributed by atoms with Crippen molar-refractivity contribution in [2.45, 2.75) is 241 Å². The van der Waals surface area contributed by atoms with Crippen molar-refractivity contribution < 1.29 is 188 Å². The number of hydrogen-bond donors (Lipinski definition) is 25. The summed E-state index contributed by atoms with van der Waals surface area (Å²) >= 11 is 0. The number of hydrogen-bond acceptors (Lipinski definition) is 38. The third-order valence-electron chi connectivity index (χ3n) is 16.4. The van der Waals surface area contributed by atoms with E-state index in [0.29, 0.717) is 0 Å². The molecule has 0 unspecified atom stereocenters. The molecule has 0 aliphatic carbocycles. The van der Waals surface area contributed by atoms with E-state index in [4.69, 9.17) is 67.3 Å². The molecule has 7 fully saturated rings. The van der Waals surface area contributed by atoms with Gasteiger partial charge in [0.1, 0.15) is 177 Å². The highest BCUT2D eigenvalue weighted by atomic mass is 16.8. The molecular formula is C50H84N4O38. The van der Waals surface area contributed by atoms with Crippen LogP contribution in [0.3, 0.4) is 0 Å². The SMILES string of the molecule is CC(=O)N[C@@H]1[C@@H](O)[C@H](O[C@@H]2O[C@H](CO)[C@@H](O[C@@H]3O[C@H](CO[C@H]4O[C@H](CO)[C@@H](O)[C@H](O)[C@@H]4O)[C@@H](O)[C@H](O[C@H]4O[C@H](CO)[C@@H](O)[C@H](O)[C@@H]4O[C@H]4O[C@H](CO)[C@@H](O)[C@H](O)[C@@H]4O[C@H]4O[C@H](CO)[C@@H](O)[C@H](O)[C@@H]4O)[C@@H]3O)[C@H](O)[C@H]2NC(C)=O)[C@@H](CO)O[C@H]1NC(=O)C[C@H](N)C(=O)O. The van der Waals surface area contributed by atoms with Crippen molar-refractivity contribution in [3.05, 3.63) is 0 Å². The zero-order valence-corrected chi connectivity index (χ0v) is 48.9. The minimum Gasteiger partial charge on any atom is -0.480 e. The number of nitrogens with two attached hydrogens (primary N) is 1. The van der Waals surface area contributed by atoms with Crippen LogP contribution in [0.2, 0.25) is 0 Å². The number of aliphatic carboxylic acids is 1. The van der Waals surface area contributed by atoms with Gasteiger partial charge in [-0.3, -0.25) is 19.2 Å². The Kier molecular flexibility index (Phi) is 27.4. The summed E-state index contributed by atoms with van der Waals surface area (Å²) in [6, 6.07) is -5.28. The smallest absolute Gasteiger partial charge is 0.321 e. The fourth-order valence-corrected chi connectivity index (χ4v) is 11.3. The van der Waals surface area contributed by atoms with Gasteiger partial charge in [0.15, 0.2) is 44.0 Å². The van der Waals surface area contributed by atoms with Crippen LogP contribution in [-0.2, 0) is 80.8 Å². The van der Waals surface area contributed by atoms with Crippen molar-refractivity contribution in [2.24, 2.45) is 5.73 Å². The van der Waals surface area contributed by atoms with E-state index in [1.165, 1.54) is 0 Å². The van der Waals surface area contributed by atoms with Crippen LogP contribution in [-0.4, -0.2) is 398 Å². The van der Waals surface area contributed by atoms with E-state index in [1.807, 2.05) is 0 Å². The van der Waals surface area contributed by atoms with Crippen molar-refractivity contribution in [1.29, 1.82) is 0 Å². The van der Waals surface area contributed by atoms with Gasteiger partial charge in [0, 0.05) is 13.8 Å². The van der Waals surface area contributed by atoms with Gasteiger partial charge < -0.3 is 191 Å². The lowest BCUT2D eigenvalue weighted by atomic mass is 9.93. The summed E-state index contributed by atoms with van der Waals surface area (Å²) < 4.78 is 75.7. The van der Waals surface area contributed by atoms with E-state index in [1.54, 1.807) is 0 Å². The van der Waals surface area contributed by atoms with Crippen molar-refractivity contribution in [3.63, 3.8) is 0 Å². The second kappa shape index (κ2) is 33.2. The average molecular weight is 1350 g/mol. The van der Waals surface area contributed by atoms with Crippen LogP contribution in [0.4, 0.5) is 0 Å². The molecule has 36 atom stereocenters. The predicted octanol–water partition coefficient (Wildman–Crippen LogP) is -17.1. The minimum atomic E-state index is -2.48. The highest BCUT2D eigenvalue weighted by Crippen LogP contribution is 2.38. The maximum atomic E-state index is 12.9. The number of carboxylic acids is 1. The van der Waals surface area contributed by atoms with Crippen molar-refractivity contribution in [2.75, 3.05) is 46.2 Å². The largest absolute Gasteiger partial charge is 0.480 e. The van der Waals surface area contributed by atoms with Gasteiger partial charge >= 0.3 is 5.97 Å². The molecule has 3 amide bonds. The maximum absolute atomic E-state index is 12.9. The first-order chi connectivity index (χ1) is 43.4. The van der Waals surface area contributed by atoms with E-state index < -0.39 is 297 Å². The molecule has 532 valence electrons. The molecule has 0 bridgehead atoms. The first-order valence-electron chi connectivity index (χ1n) is 28.9. The fraction of sp³-hybridized carbons (Fsp3) is 0.920. The second-order valence-corrected chi connectivity index (χ2v) is 22.8. The Hall–Kier alpha value is -3.48. The molecule has 7 aliphatic heterocycles. The van der Waals surface area contributed by atoms with E-state index in [-0.39, 0.29) is 0 Å². The molecule has 0 aromatic carbocycles. The second-order valence-electron chi connectivity index (χ2n) is 22.8. The number of nitrogens with one attached hydrogen (secondary N) is 3. The van der Waals surface area contributed by atoms with Crippen LogP contribution < -0.4 is 21.7 Å². The third kappa shape index (κ3) is 16.9. The summed E-state index contributed by atoms with van der Waals surface area (Å²) in [6.07, 6.45) is -68.6. The Balaban J connectivity index is 1.20. The first kappa shape index (κ1) is 75.9. The topological polar surface area (TPSA) is 675 Å². The van der Waals surface area contributed by atoms with Gasteiger partial charge in [0.05, 0.1) is 52.7 Å². The monoisotopic (exact) mass is 1350 g/mol. The number of rotatable bonds is 25. The van der Waals surface area contributed by atoms with Crippen molar-refractivity contribution in [3.8, 4) is 0 Å². The summed E-state index contributed by atoms with van der Waals surface area (Å²) in [4.78, 5) is 49.5. The molecule has 42 heteroatoms. The van der Waals surface area contributed by atoms with E-state index >= 15 is 0 Å². The first-order valence-corrected chi connectivity index (χ1v) is 28.9. The van der Waals surface area contributed by atoms with Crippen LogP contribution in [0.25, 0.3) is 0 Å². The third-order valence-corrected chi connectivity index (χ3v) is 16.4. The highest BCUT2D eigenvalue weighted by molar-refractivity contribution is 5.84. The molecule has 0 radical (unpaired) electrons. The van der Waals surface area contributed by atoms with Gasteiger partial charge in [-0.15, -0.1) is 0 Å². The van der Waals surface area contributed by atoms with Gasteiger partial charge in [-0.25, -0.2) is 0 Å². The quantitative estimate of drug-likeness (QED) is 0.0404. The molecule has 7 saturated heterocycles. The lowest BCUT2D eigenvalue weighted by Gasteiger charge is -2.51. The molecule has 0 aromatic heterocycles. The zero-order chi connectivity index (χ0) is 68.1. The number of amides is 3. The maximum Gasteiger partial charge on any atom is 0.321 e. The molecule has 26 N–H and O–H groups in total. The Labute approximate surface area is 519 Å². The zero-order valence-electron chi connectivity index (χ0n) is 48.9. The Morgan fingerprint density at radius 2 is 0.728 bits per heavy atom. The molecule has 92 heavy (non-hydrogen) atoms. The molecule has 0 aromatic rings. The Morgan fingerprint density at radius 3 is 1.21 bits per heavy atom. The Bertz CT molecular complexity index is 2360. The summed E-state index contributed by atoms with van der Waals surface area (Å²) in [5.74, 6) is -4.36. The summed E-state index contributed by atoms with van der Waals surface area (Å²) in [6.45, 7) is -5.41. The number of aliphatic hydroxyl groups excluding tert-OH is 20. The average Bonchev–Trinajstić information content (AvgIpc) is 0.797. The van der Waals surface area contributed by atoms with Gasteiger partial charge in [-0.1, -0.05) is 0 Å². The number of ether oxygens (including phenoxy) is 13. The molecule has 7 heterocycles.